The van der Waals surface area contributed by atoms with Crippen LogP contribution in [0.25, 0.3) is 0 Å². The van der Waals surface area contributed by atoms with Crippen molar-refractivity contribution in [2.24, 2.45) is 5.92 Å². The molecule has 1 saturated heterocycles. The van der Waals surface area contributed by atoms with Crippen LogP contribution in [-0.2, 0) is 34.0 Å². The number of hydrogen-bond donors (Lipinski definition) is 3. The first-order valence-electron chi connectivity index (χ1n) is 13.8. The molecule has 6 rings (SSSR count). The van der Waals surface area contributed by atoms with Gasteiger partial charge in [0.05, 0.1) is 22.8 Å². The van der Waals surface area contributed by atoms with Gasteiger partial charge in [-0.05, 0) is 67.3 Å². The van der Waals surface area contributed by atoms with Crippen LogP contribution < -0.4 is 9.46 Å². The molecule has 2 aromatic carbocycles. The number of piperidine rings is 1. The van der Waals surface area contributed by atoms with Gasteiger partial charge in [-0.2, -0.15) is 0 Å². The van der Waals surface area contributed by atoms with E-state index >= 15 is 0 Å². The molecule has 2 bridgehead atoms. The Balaban J connectivity index is 1.36. The minimum absolute atomic E-state index is 0.0473. The number of phenols is 1. The van der Waals surface area contributed by atoms with Crippen LogP contribution in [0.2, 0.25) is 0 Å². The van der Waals surface area contributed by atoms with Crippen LogP contribution in [0.4, 0.5) is 0 Å². The van der Waals surface area contributed by atoms with E-state index in [1.165, 1.54) is 0 Å². The van der Waals surface area contributed by atoms with Gasteiger partial charge >= 0.3 is 0 Å². The van der Waals surface area contributed by atoms with Crippen LogP contribution in [0.5, 0.6) is 11.5 Å². The smallest absolute Gasteiger partial charge is 0.216 e. The predicted octanol–water partition coefficient (Wildman–Crippen LogP) is 3.42. The zero-order valence-corrected chi connectivity index (χ0v) is 23.0. The molecule has 4 aliphatic rings. The van der Waals surface area contributed by atoms with Gasteiger partial charge in [-0.1, -0.05) is 50.3 Å². The zero-order valence-electron chi connectivity index (χ0n) is 22.2. The van der Waals surface area contributed by atoms with Crippen molar-refractivity contribution in [3.8, 4) is 11.5 Å². The summed E-state index contributed by atoms with van der Waals surface area (Å²) in [6.45, 7) is 9.60. The molecule has 2 aliphatic carbocycles. The second-order valence-corrected chi connectivity index (χ2v) is 13.8. The largest absolute Gasteiger partial charge is 0.504 e. The van der Waals surface area contributed by atoms with Crippen LogP contribution in [0.3, 0.4) is 0 Å². The predicted molar refractivity (Wildman–Crippen MR) is 147 cm³/mol. The molecule has 1 spiro atoms. The van der Waals surface area contributed by atoms with Crippen LogP contribution in [-0.4, -0.2) is 60.4 Å². The average Bonchev–Trinajstić information content (AvgIpc) is 3.21. The van der Waals surface area contributed by atoms with Crippen molar-refractivity contribution in [1.82, 2.24) is 9.62 Å². The Labute approximate surface area is 225 Å². The SMILES string of the molecule is C=CCN1CC[C@]23c4c5ccc(O)c4O[C@H]2[C@@H](NS(=O)(=O)Cc2ccccc2CC(C)C)CC[C@@]3(O)[C@H]1C5. The van der Waals surface area contributed by atoms with Crippen molar-refractivity contribution < 1.29 is 23.4 Å². The number of hydrogen-bond acceptors (Lipinski definition) is 6. The molecule has 0 aromatic heterocycles. The maximum atomic E-state index is 13.6. The second kappa shape index (κ2) is 9.08. The van der Waals surface area contributed by atoms with Crippen LogP contribution in [0.15, 0.2) is 49.1 Å². The fraction of sp³-hybridized carbons (Fsp3) is 0.533. The van der Waals surface area contributed by atoms with E-state index in [0.29, 0.717) is 43.9 Å². The van der Waals surface area contributed by atoms with E-state index in [0.717, 1.165) is 35.2 Å². The highest BCUT2D eigenvalue weighted by Crippen LogP contribution is 2.65. The first-order valence-corrected chi connectivity index (χ1v) is 15.4. The number of nitrogens with zero attached hydrogens (tertiary/aromatic N) is 1. The Morgan fingerprint density at radius 2 is 1.97 bits per heavy atom. The van der Waals surface area contributed by atoms with Gasteiger partial charge in [0.1, 0.15) is 6.10 Å². The van der Waals surface area contributed by atoms with E-state index in [4.69, 9.17) is 4.74 Å². The monoisotopic (exact) mass is 538 g/mol. The molecule has 1 saturated carbocycles. The van der Waals surface area contributed by atoms with Gasteiger partial charge in [-0.15, -0.1) is 6.58 Å². The van der Waals surface area contributed by atoms with Crippen molar-refractivity contribution >= 4 is 10.0 Å². The Bertz CT molecular complexity index is 1370. The summed E-state index contributed by atoms with van der Waals surface area (Å²) in [7, 11) is -3.71. The Morgan fingerprint density at radius 3 is 2.71 bits per heavy atom. The summed E-state index contributed by atoms with van der Waals surface area (Å²) in [5.41, 5.74) is 1.94. The van der Waals surface area contributed by atoms with Gasteiger partial charge in [0.15, 0.2) is 11.5 Å². The van der Waals surface area contributed by atoms with E-state index < -0.39 is 33.2 Å². The fourth-order valence-corrected chi connectivity index (χ4v) is 9.43. The van der Waals surface area contributed by atoms with Crippen LogP contribution >= 0.6 is 0 Å². The summed E-state index contributed by atoms with van der Waals surface area (Å²) in [5, 5.41) is 23.2. The van der Waals surface area contributed by atoms with Crippen molar-refractivity contribution in [3.63, 3.8) is 0 Å². The lowest BCUT2D eigenvalue weighted by atomic mass is 9.48. The lowest BCUT2D eigenvalue weighted by Gasteiger charge is -2.64. The Hall–Kier alpha value is -2.39. The van der Waals surface area contributed by atoms with E-state index in [9.17, 15) is 18.6 Å². The molecule has 0 radical (unpaired) electrons. The summed E-state index contributed by atoms with van der Waals surface area (Å²) in [6, 6.07) is 10.7. The molecule has 2 heterocycles. The number of nitrogens with one attached hydrogen (secondary N) is 1. The first kappa shape index (κ1) is 25.9. The maximum Gasteiger partial charge on any atom is 0.216 e. The summed E-state index contributed by atoms with van der Waals surface area (Å²) in [4.78, 5) is 2.29. The van der Waals surface area contributed by atoms with Gasteiger partial charge < -0.3 is 14.9 Å². The summed E-state index contributed by atoms with van der Waals surface area (Å²) in [6.07, 6.45) is 4.29. The maximum absolute atomic E-state index is 13.6. The number of rotatable bonds is 8. The first-order chi connectivity index (χ1) is 18.1. The second-order valence-electron chi connectivity index (χ2n) is 12.0. The minimum atomic E-state index is -3.71. The molecule has 8 heteroatoms. The summed E-state index contributed by atoms with van der Waals surface area (Å²) < 4.78 is 36.6. The topological polar surface area (TPSA) is 99.1 Å². The normalized spacial score (nSPS) is 31.6. The van der Waals surface area contributed by atoms with Crippen molar-refractivity contribution in [1.29, 1.82) is 0 Å². The minimum Gasteiger partial charge on any atom is -0.504 e. The summed E-state index contributed by atoms with van der Waals surface area (Å²) >= 11 is 0. The van der Waals surface area contributed by atoms with Crippen molar-refractivity contribution in [2.75, 3.05) is 13.1 Å². The third-order valence-electron chi connectivity index (χ3n) is 9.36. The number of aliphatic hydroxyl groups is 1. The standard InChI is InChI=1S/C30H38N2O5S/c1-4-14-32-15-13-29-26-21-9-10-24(33)27(26)37-28(29)23(11-12-30(29,34)25(32)17-21)31-38(35,36)18-22-8-6-5-7-20(22)16-19(2)3/h4-10,19,23,25,28,31,33-34H,1,11-18H2,2-3H3/t23-,25+,28-,29-,30+/m0/s1. The fourth-order valence-electron chi connectivity index (χ4n) is 7.95. The lowest BCUT2D eigenvalue weighted by Crippen LogP contribution is -2.78. The number of sulfonamides is 1. The molecule has 7 nitrogen and oxygen atoms in total. The van der Waals surface area contributed by atoms with E-state index in [1.54, 1.807) is 6.07 Å². The molecule has 2 aliphatic heterocycles. The molecule has 38 heavy (non-hydrogen) atoms. The van der Waals surface area contributed by atoms with E-state index in [2.05, 4.69) is 30.0 Å². The summed E-state index contributed by atoms with van der Waals surface area (Å²) in [5.74, 6) is 0.775. The van der Waals surface area contributed by atoms with Crippen LogP contribution in [0, 0.1) is 5.92 Å². The zero-order chi connectivity index (χ0) is 26.9. The third-order valence-corrected chi connectivity index (χ3v) is 10.7. The Morgan fingerprint density at radius 1 is 1.21 bits per heavy atom. The third kappa shape index (κ3) is 3.75. The number of ether oxygens (including phenoxy) is 1. The molecule has 2 aromatic rings. The molecule has 0 amide bonds. The highest BCUT2D eigenvalue weighted by Gasteiger charge is 2.73. The van der Waals surface area contributed by atoms with Crippen molar-refractivity contribution in [2.45, 2.75) is 80.9 Å². The van der Waals surface area contributed by atoms with Gasteiger partial charge in [-0.25, -0.2) is 13.1 Å². The lowest BCUT2D eigenvalue weighted by molar-refractivity contribution is -0.188. The van der Waals surface area contributed by atoms with Crippen molar-refractivity contribution in [3.05, 3.63) is 71.3 Å². The highest BCUT2D eigenvalue weighted by molar-refractivity contribution is 7.88. The number of likely N-dealkylation sites (tertiary alicyclic amines) is 1. The number of benzene rings is 2. The van der Waals surface area contributed by atoms with E-state index in [-0.39, 0.29) is 17.5 Å². The van der Waals surface area contributed by atoms with Gasteiger partial charge in [-0.3, -0.25) is 4.90 Å². The van der Waals surface area contributed by atoms with E-state index in [1.807, 2.05) is 36.4 Å². The van der Waals surface area contributed by atoms with Crippen LogP contribution in [0.1, 0.15) is 55.4 Å². The highest BCUT2D eigenvalue weighted by atomic mass is 32.2. The molecule has 0 unspecified atom stereocenters. The molecular formula is C30H38N2O5S. The molecular weight excluding hydrogens is 500 g/mol. The average molecular weight is 539 g/mol. The number of aromatic hydroxyl groups is 1. The molecule has 2 fully saturated rings. The molecule has 5 atom stereocenters. The number of phenolic OH excluding ortho intramolecular Hbond substituents is 1. The molecule has 3 N–H and O–H groups in total. The van der Waals surface area contributed by atoms with Gasteiger partial charge in [0.25, 0.3) is 0 Å². The van der Waals surface area contributed by atoms with Gasteiger partial charge in [0, 0.05) is 18.2 Å². The van der Waals surface area contributed by atoms with Gasteiger partial charge in [0.2, 0.25) is 10.0 Å². The Kier molecular flexibility index (Phi) is 6.18. The quantitative estimate of drug-likeness (QED) is 0.446. The molecule has 204 valence electrons.